The van der Waals surface area contributed by atoms with Gasteiger partial charge in [0.1, 0.15) is 5.69 Å². The number of carbonyl (C=O) groups excluding carboxylic acids is 1. The highest BCUT2D eigenvalue weighted by Gasteiger charge is 2.30. The first-order chi connectivity index (χ1) is 8.61. The summed E-state index contributed by atoms with van der Waals surface area (Å²) in [5.74, 6) is -0.0607. The molecule has 1 aromatic heterocycles. The van der Waals surface area contributed by atoms with Gasteiger partial charge >= 0.3 is 0 Å². The number of aryl methyl sites for hydroxylation is 2. The van der Waals surface area contributed by atoms with Crippen molar-refractivity contribution >= 4 is 5.78 Å². The molecule has 0 aliphatic heterocycles. The van der Waals surface area contributed by atoms with Gasteiger partial charge in [0.2, 0.25) is 11.4 Å². The second-order valence-corrected chi connectivity index (χ2v) is 4.33. The van der Waals surface area contributed by atoms with E-state index in [2.05, 4.69) is 15.1 Å². The van der Waals surface area contributed by atoms with E-state index in [-0.39, 0.29) is 5.78 Å². The minimum atomic E-state index is -0.0607. The largest absolute Gasteiger partial charge is 0.287 e. The highest BCUT2D eigenvalue weighted by Crippen LogP contribution is 2.33. The van der Waals surface area contributed by atoms with Gasteiger partial charge in [-0.25, -0.2) is 9.67 Å². The molecular formula is C13H12N4O. The number of hydrogen-bond acceptors (Lipinski definition) is 4. The molecule has 1 aromatic carbocycles. The molecule has 0 N–H and O–H groups in total. The maximum absolute atomic E-state index is 12.2. The molecular weight excluding hydrogens is 228 g/mol. The summed E-state index contributed by atoms with van der Waals surface area (Å²) in [7, 11) is 3.39. The normalized spacial score (nSPS) is 13.7. The number of hydrogen-bond donors (Lipinski definition) is 0. The molecule has 0 atom stereocenters. The van der Waals surface area contributed by atoms with Crippen molar-refractivity contribution in [3.63, 3.8) is 0 Å². The van der Waals surface area contributed by atoms with Crippen LogP contribution in [0.3, 0.4) is 0 Å². The van der Waals surface area contributed by atoms with E-state index < -0.39 is 0 Å². The quantitative estimate of drug-likeness (QED) is 0.585. The molecule has 18 heavy (non-hydrogen) atoms. The Morgan fingerprint density at radius 3 is 2.72 bits per heavy atom. The van der Waals surface area contributed by atoms with E-state index in [1.54, 1.807) is 14.1 Å². The molecule has 2 aromatic rings. The molecule has 90 valence electrons. The summed E-state index contributed by atoms with van der Waals surface area (Å²) in [6.45, 7) is 1.96. The number of fused-ring (bicyclic) bond motifs is 3. The smallest absolute Gasteiger partial charge is 0.241 e. The van der Waals surface area contributed by atoms with Gasteiger partial charge in [0.15, 0.2) is 5.69 Å². The lowest BCUT2D eigenvalue weighted by molar-refractivity contribution is 0.103. The highest BCUT2D eigenvalue weighted by atomic mass is 16.1. The van der Waals surface area contributed by atoms with Crippen LogP contribution in [-0.4, -0.2) is 27.6 Å². The Morgan fingerprint density at radius 2 is 2.00 bits per heavy atom. The molecule has 1 aliphatic carbocycles. The third-order valence-corrected chi connectivity index (χ3v) is 3.07. The van der Waals surface area contributed by atoms with E-state index in [4.69, 9.17) is 0 Å². The molecule has 0 radical (unpaired) electrons. The Bertz CT molecular complexity index is 743. The summed E-state index contributed by atoms with van der Waals surface area (Å²) < 4.78 is 1.52. The molecule has 0 saturated heterocycles. The van der Waals surface area contributed by atoms with Crippen LogP contribution >= 0.6 is 0 Å². The Balaban J connectivity index is 2.38. The fourth-order valence-corrected chi connectivity index (χ4v) is 2.18. The molecule has 1 heterocycles. The van der Waals surface area contributed by atoms with Gasteiger partial charge in [-0.3, -0.25) is 9.79 Å². The van der Waals surface area contributed by atoms with Gasteiger partial charge in [-0.2, -0.15) is 5.10 Å². The SMILES string of the molecule is CN=c1nc2c(nn1C)C(=O)c1cc(C)ccc1-2. The fraction of sp³-hybridized carbons (Fsp3) is 0.231. The Labute approximate surface area is 104 Å². The van der Waals surface area contributed by atoms with Crippen molar-refractivity contribution in [1.29, 1.82) is 0 Å². The summed E-state index contributed by atoms with van der Waals surface area (Å²) in [6.07, 6.45) is 0. The lowest BCUT2D eigenvalue weighted by Crippen LogP contribution is -2.26. The first kappa shape index (κ1) is 10.8. The van der Waals surface area contributed by atoms with Crippen LogP contribution in [-0.2, 0) is 7.05 Å². The number of carbonyl (C=O) groups is 1. The van der Waals surface area contributed by atoms with Crippen molar-refractivity contribution in [3.05, 3.63) is 40.6 Å². The minimum Gasteiger partial charge on any atom is -0.287 e. The molecule has 0 spiro atoms. The molecule has 1 aliphatic rings. The third kappa shape index (κ3) is 1.33. The number of rotatable bonds is 0. The fourth-order valence-electron chi connectivity index (χ4n) is 2.18. The third-order valence-electron chi connectivity index (χ3n) is 3.07. The van der Waals surface area contributed by atoms with Crippen molar-refractivity contribution in [2.24, 2.45) is 12.0 Å². The van der Waals surface area contributed by atoms with E-state index >= 15 is 0 Å². The van der Waals surface area contributed by atoms with E-state index in [1.807, 2.05) is 25.1 Å². The summed E-state index contributed by atoms with van der Waals surface area (Å²) in [6, 6.07) is 5.77. The van der Waals surface area contributed by atoms with E-state index in [9.17, 15) is 4.79 Å². The molecule has 5 heteroatoms. The van der Waals surface area contributed by atoms with Gasteiger partial charge < -0.3 is 0 Å². The zero-order valence-electron chi connectivity index (χ0n) is 10.4. The van der Waals surface area contributed by atoms with Gasteiger partial charge in [0.25, 0.3) is 0 Å². The van der Waals surface area contributed by atoms with E-state index in [1.165, 1.54) is 4.68 Å². The van der Waals surface area contributed by atoms with Gasteiger partial charge in [0.05, 0.1) is 0 Å². The topological polar surface area (TPSA) is 60.1 Å². The number of ketones is 1. The number of aromatic nitrogens is 3. The van der Waals surface area contributed by atoms with Crippen LogP contribution in [0.2, 0.25) is 0 Å². The number of benzene rings is 1. The van der Waals surface area contributed by atoms with Gasteiger partial charge in [0, 0.05) is 25.2 Å². The first-order valence-corrected chi connectivity index (χ1v) is 5.65. The average Bonchev–Trinajstić information content (AvgIpc) is 2.62. The molecule has 0 amide bonds. The van der Waals surface area contributed by atoms with E-state index in [0.717, 1.165) is 11.1 Å². The van der Waals surface area contributed by atoms with Crippen molar-refractivity contribution in [2.45, 2.75) is 6.92 Å². The maximum atomic E-state index is 12.2. The zero-order chi connectivity index (χ0) is 12.9. The molecule has 0 unspecified atom stereocenters. The monoisotopic (exact) mass is 240 g/mol. The lowest BCUT2D eigenvalue weighted by atomic mass is 10.1. The van der Waals surface area contributed by atoms with E-state index in [0.29, 0.717) is 22.6 Å². The Hall–Kier alpha value is -2.30. The summed E-state index contributed by atoms with van der Waals surface area (Å²) in [5, 5.41) is 4.26. The zero-order valence-corrected chi connectivity index (χ0v) is 10.4. The standard InChI is InChI=1S/C13H12N4O/c1-7-4-5-8-9(6-7)12(18)11-10(8)15-13(14-2)17(3)16-11/h4-6H,1-3H3. The molecule has 0 bridgehead atoms. The van der Waals surface area contributed by atoms with Crippen LogP contribution in [0.1, 0.15) is 21.6 Å². The Kier molecular flexibility index (Phi) is 2.16. The van der Waals surface area contributed by atoms with Crippen LogP contribution in [0.5, 0.6) is 0 Å². The van der Waals surface area contributed by atoms with Crippen molar-refractivity contribution in [3.8, 4) is 11.3 Å². The summed E-state index contributed by atoms with van der Waals surface area (Å²) in [5.41, 5.74) is 4.13. The summed E-state index contributed by atoms with van der Waals surface area (Å²) >= 11 is 0. The van der Waals surface area contributed by atoms with Crippen LogP contribution in [0.4, 0.5) is 0 Å². The second-order valence-electron chi connectivity index (χ2n) is 4.33. The first-order valence-electron chi connectivity index (χ1n) is 5.65. The maximum Gasteiger partial charge on any atom is 0.241 e. The predicted octanol–water partition coefficient (Wildman–Crippen LogP) is 0.865. The van der Waals surface area contributed by atoms with Crippen LogP contribution in [0.15, 0.2) is 23.2 Å². The van der Waals surface area contributed by atoms with Crippen molar-refractivity contribution in [2.75, 3.05) is 7.05 Å². The van der Waals surface area contributed by atoms with Gasteiger partial charge in [-0.1, -0.05) is 17.7 Å². The highest BCUT2D eigenvalue weighted by molar-refractivity contribution is 6.19. The van der Waals surface area contributed by atoms with Crippen molar-refractivity contribution in [1.82, 2.24) is 14.8 Å². The predicted molar refractivity (Wildman–Crippen MR) is 66.1 cm³/mol. The summed E-state index contributed by atoms with van der Waals surface area (Å²) in [4.78, 5) is 20.7. The second kappa shape index (κ2) is 3.60. The van der Waals surface area contributed by atoms with Gasteiger partial charge in [-0.05, 0) is 13.0 Å². The Morgan fingerprint density at radius 1 is 1.22 bits per heavy atom. The molecule has 0 fully saturated rings. The molecule has 0 saturated carbocycles. The number of nitrogens with zero attached hydrogens (tertiary/aromatic N) is 4. The lowest BCUT2D eigenvalue weighted by Gasteiger charge is -2.01. The molecule has 3 rings (SSSR count). The minimum absolute atomic E-state index is 0.0607. The van der Waals surface area contributed by atoms with Gasteiger partial charge in [-0.15, -0.1) is 0 Å². The van der Waals surface area contributed by atoms with Crippen LogP contribution < -0.4 is 5.62 Å². The van der Waals surface area contributed by atoms with Crippen LogP contribution in [0.25, 0.3) is 11.3 Å². The van der Waals surface area contributed by atoms with Crippen LogP contribution in [0, 0.1) is 6.92 Å². The molecule has 5 nitrogen and oxygen atoms in total. The van der Waals surface area contributed by atoms with Crippen molar-refractivity contribution < 1.29 is 4.79 Å². The average molecular weight is 240 g/mol.